The molecule has 2 unspecified atom stereocenters. The van der Waals surface area contributed by atoms with Crippen LogP contribution in [-0.4, -0.2) is 27.8 Å². The molecule has 1 amide bonds. The molecule has 8 heteroatoms. The predicted molar refractivity (Wildman–Crippen MR) is 119 cm³/mol. The van der Waals surface area contributed by atoms with Crippen LogP contribution in [0.4, 0.5) is 10.5 Å². The third kappa shape index (κ3) is 3.62. The van der Waals surface area contributed by atoms with Gasteiger partial charge in [0.2, 0.25) is 0 Å². The molecular weight excluding hydrogens is 435 g/mol. The zero-order valence-corrected chi connectivity index (χ0v) is 18.2. The van der Waals surface area contributed by atoms with Crippen LogP contribution in [0, 0.1) is 17.2 Å². The van der Waals surface area contributed by atoms with E-state index in [1.54, 1.807) is 29.2 Å². The Kier molecular flexibility index (Phi) is 5.04. The highest BCUT2D eigenvalue weighted by atomic mass is 35.5. The average molecular weight is 455 g/mol. The van der Waals surface area contributed by atoms with Crippen molar-refractivity contribution in [3.8, 4) is 6.07 Å². The molecule has 1 saturated heterocycles. The number of rotatable bonds is 3. The number of carbonyl (C=O) groups excluding carboxylic acids is 1. The first-order valence-corrected chi connectivity index (χ1v) is 11.0. The highest BCUT2D eigenvalue weighted by Crippen LogP contribution is 2.44. The van der Waals surface area contributed by atoms with Crippen molar-refractivity contribution in [2.24, 2.45) is 5.92 Å². The summed E-state index contributed by atoms with van der Waals surface area (Å²) in [6.07, 6.45) is 5.01. The number of hydrogen-bond acceptors (Lipinski definition) is 4. The number of carbonyl (C=O) groups is 1. The quantitative estimate of drug-likeness (QED) is 0.501. The number of amides is 1. The molecular formula is C23H20Cl2N4O2. The second-order valence-corrected chi connectivity index (χ2v) is 9.20. The largest absolute Gasteiger partial charge is 0.441 e. The fraction of sp³-hybridized carbons (Fsp3) is 0.348. The highest BCUT2D eigenvalue weighted by Gasteiger charge is 2.49. The van der Waals surface area contributed by atoms with Crippen LogP contribution in [0.25, 0.3) is 11.0 Å². The van der Waals surface area contributed by atoms with E-state index in [0.717, 1.165) is 43.3 Å². The molecule has 1 aliphatic carbocycles. The number of benzene rings is 2. The number of imidazole rings is 1. The Labute approximate surface area is 189 Å². The number of hydrogen-bond donors (Lipinski definition) is 0. The van der Waals surface area contributed by atoms with E-state index in [1.165, 1.54) is 0 Å². The topological polar surface area (TPSA) is 71.2 Å². The minimum atomic E-state index is -0.545. The number of nitrogens with zero attached hydrogens (tertiary/aromatic N) is 4. The number of halogens is 2. The van der Waals surface area contributed by atoms with E-state index in [2.05, 4.69) is 15.6 Å². The van der Waals surface area contributed by atoms with Crippen LogP contribution < -0.4 is 4.90 Å². The van der Waals surface area contributed by atoms with Gasteiger partial charge in [0, 0.05) is 6.54 Å². The molecule has 0 N–H and O–H groups in total. The van der Waals surface area contributed by atoms with Crippen LogP contribution in [0.2, 0.25) is 10.0 Å². The molecule has 31 heavy (non-hydrogen) atoms. The minimum Gasteiger partial charge on any atom is -0.441 e. The van der Waals surface area contributed by atoms with Gasteiger partial charge in [0.05, 0.1) is 51.3 Å². The molecule has 158 valence electrons. The summed E-state index contributed by atoms with van der Waals surface area (Å²) in [4.78, 5) is 18.8. The summed E-state index contributed by atoms with van der Waals surface area (Å²) in [5, 5.41) is 10.1. The van der Waals surface area contributed by atoms with Crippen molar-refractivity contribution in [1.82, 2.24) is 9.55 Å². The fourth-order valence-electron chi connectivity index (χ4n) is 4.93. The Morgan fingerprint density at radius 1 is 1.26 bits per heavy atom. The van der Waals surface area contributed by atoms with Gasteiger partial charge in [0.1, 0.15) is 5.60 Å². The Bertz CT molecular complexity index is 1200. The second-order valence-electron chi connectivity index (χ2n) is 8.38. The molecule has 1 aromatic heterocycles. The highest BCUT2D eigenvalue weighted by molar-refractivity contribution is 6.39. The number of nitriles is 1. The number of para-hydroxylation sites is 1. The van der Waals surface area contributed by atoms with Crippen molar-refractivity contribution in [1.29, 1.82) is 5.26 Å². The van der Waals surface area contributed by atoms with Gasteiger partial charge in [-0.15, -0.1) is 0 Å². The maximum atomic E-state index is 12.8. The first kappa shape index (κ1) is 20.2. The predicted octanol–water partition coefficient (Wildman–Crippen LogP) is 5.80. The van der Waals surface area contributed by atoms with E-state index in [9.17, 15) is 10.1 Å². The standard InChI is InChI=1S/C23H20Cl2N4O2/c24-17-4-1-5-18(25)21(17)29-13-23(31-22(29)30)8-2-3-16(10-23)12-28-14-27-19-7-6-15(11-26)9-20(19)28/h1,4-7,9,14,16H,2-3,8,10,12-13H2. The Balaban J connectivity index is 1.37. The molecule has 3 aromatic rings. The summed E-state index contributed by atoms with van der Waals surface area (Å²) in [5.41, 5.74) is 2.41. The maximum absolute atomic E-state index is 12.8. The Morgan fingerprint density at radius 2 is 2.06 bits per heavy atom. The van der Waals surface area contributed by atoms with E-state index in [0.29, 0.717) is 33.8 Å². The van der Waals surface area contributed by atoms with E-state index >= 15 is 0 Å². The maximum Gasteiger partial charge on any atom is 0.415 e. The number of ether oxygens (including phenoxy) is 1. The van der Waals surface area contributed by atoms with E-state index in [-0.39, 0.29) is 0 Å². The van der Waals surface area contributed by atoms with E-state index < -0.39 is 11.7 Å². The zero-order chi connectivity index (χ0) is 21.6. The molecule has 1 spiro atoms. The Hall–Kier alpha value is -2.75. The monoisotopic (exact) mass is 454 g/mol. The molecule has 2 aliphatic rings. The normalized spacial score (nSPS) is 23.3. The molecule has 0 radical (unpaired) electrons. The summed E-state index contributed by atoms with van der Waals surface area (Å²) >= 11 is 12.7. The van der Waals surface area contributed by atoms with Crippen LogP contribution in [0.5, 0.6) is 0 Å². The van der Waals surface area contributed by atoms with Gasteiger partial charge >= 0.3 is 6.09 Å². The van der Waals surface area contributed by atoms with Crippen molar-refractivity contribution in [3.63, 3.8) is 0 Å². The first-order valence-electron chi connectivity index (χ1n) is 10.3. The Morgan fingerprint density at radius 3 is 2.84 bits per heavy atom. The lowest BCUT2D eigenvalue weighted by molar-refractivity contribution is 0.00439. The lowest BCUT2D eigenvalue weighted by Crippen LogP contribution is -2.40. The minimum absolute atomic E-state index is 0.325. The first-order chi connectivity index (χ1) is 15.0. The molecule has 2 fully saturated rings. The molecule has 2 heterocycles. The summed E-state index contributed by atoms with van der Waals surface area (Å²) in [6, 6.07) is 12.9. The molecule has 0 bridgehead atoms. The number of anilines is 1. The van der Waals surface area contributed by atoms with E-state index in [1.807, 2.05) is 18.5 Å². The van der Waals surface area contributed by atoms with Crippen LogP contribution in [0.15, 0.2) is 42.7 Å². The molecule has 1 aliphatic heterocycles. The molecule has 2 aromatic carbocycles. The lowest BCUT2D eigenvalue weighted by atomic mass is 9.78. The molecule has 6 nitrogen and oxygen atoms in total. The van der Waals surface area contributed by atoms with Gasteiger partial charge in [-0.05, 0) is 61.9 Å². The van der Waals surface area contributed by atoms with Crippen molar-refractivity contribution >= 4 is 46.0 Å². The van der Waals surface area contributed by atoms with Gasteiger partial charge in [-0.2, -0.15) is 5.26 Å². The molecule has 1 saturated carbocycles. The smallest absolute Gasteiger partial charge is 0.415 e. The third-order valence-corrected chi connectivity index (χ3v) is 6.90. The molecule has 5 rings (SSSR count). The third-order valence-electron chi connectivity index (χ3n) is 6.29. The van der Waals surface area contributed by atoms with Gasteiger partial charge in [-0.3, -0.25) is 4.90 Å². The summed E-state index contributed by atoms with van der Waals surface area (Å²) in [5.74, 6) is 0.325. The van der Waals surface area contributed by atoms with Gasteiger partial charge in [0.25, 0.3) is 0 Å². The van der Waals surface area contributed by atoms with Gasteiger partial charge < -0.3 is 9.30 Å². The summed E-state index contributed by atoms with van der Waals surface area (Å²) < 4.78 is 8.04. The zero-order valence-electron chi connectivity index (χ0n) is 16.7. The molecule has 2 atom stereocenters. The van der Waals surface area contributed by atoms with Crippen molar-refractivity contribution < 1.29 is 9.53 Å². The van der Waals surface area contributed by atoms with Gasteiger partial charge in [0.15, 0.2) is 0 Å². The average Bonchev–Trinajstić information content (AvgIpc) is 3.28. The number of aromatic nitrogens is 2. The van der Waals surface area contributed by atoms with Crippen LogP contribution in [-0.2, 0) is 11.3 Å². The SMILES string of the molecule is N#Cc1ccc2ncn(CC3CCCC4(C3)CN(c3c(Cl)cccc3Cl)C(=O)O4)c2c1. The van der Waals surface area contributed by atoms with Crippen LogP contribution in [0.1, 0.15) is 31.2 Å². The summed E-state index contributed by atoms with van der Waals surface area (Å²) in [6.45, 7) is 1.20. The van der Waals surface area contributed by atoms with Gasteiger partial charge in [-0.1, -0.05) is 29.3 Å². The second kappa shape index (κ2) is 7.74. The van der Waals surface area contributed by atoms with Crippen LogP contribution >= 0.6 is 23.2 Å². The number of fused-ring (bicyclic) bond motifs is 1. The fourth-order valence-corrected chi connectivity index (χ4v) is 5.53. The van der Waals surface area contributed by atoms with Gasteiger partial charge in [-0.25, -0.2) is 9.78 Å². The summed E-state index contributed by atoms with van der Waals surface area (Å²) in [7, 11) is 0. The van der Waals surface area contributed by atoms with Crippen molar-refractivity contribution in [2.75, 3.05) is 11.4 Å². The van der Waals surface area contributed by atoms with Crippen molar-refractivity contribution in [2.45, 2.75) is 37.8 Å². The van der Waals surface area contributed by atoms with Crippen molar-refractivity contribution in [3.05, 3.63) is 58.3 Å². The van der Waals surface area contributed by atoms with E-state index in [4.69, 9.17) is 27.9 Å². The van der Waals surface area contributed by atoms with Crippen LogP contribution in [0.3, 0.4) is 0 Å². The lowest BCUT2D eigenvalue weighted by Gasteiger charge is -2.36.